The van der Waals surface area contributed by atoms with Crippen LogP contribution in [0, 0.1) is 18.6 Å². The number of anilines is 3. The Morgan fingerprint density at radius 3 is 2.21 bits per heavy atom. The van der Waals surface area contributed by atoms with Crippen molar-refractivity contribution in [1.29, 1.82) is 0 Å². The van der Waals surface area contributed by atoms with Crippen molar-refractivity contribution in [1.82, 2.24) is 25.5 Å². The fourth-order valence-corrected chi connectivity index (χ4v) is 5.05. The molecule has 3 N–H and O–H groups in total. The molecule has 11 nitrogen and oxygen atoms in total. The fraction of sp³-hybridized carbons (Fsp3) is 0.387. The maximum absolute atomic E-state index is 15.0. The van der Waals surface area contributed by atoms with Gasteiger partial charge in [0.2, 0.25) is 5.95 Å². The summed E-state index contributed by atoms with van der Waals surface area (Å²) < 4.78 is 61.8. The molecule has 0 aliphatic carbocycles. The van der Waals surface area contributed by atoms with Crippen LogP contribution < -0.4 is 20.4 Å². The number of piperazine rings is 1. The van der Waals surface area contributed by atoms with E-state index in [1.807, 2.05) is 31.7 Å². The third-order valence-electron chi connectivity index (χ3n) is 7.49. The number of para-hydroxylation sites is 1. The number of carboxylic acids is 1. The molecule has 5 rings (SSSR count). The predicted octanol–water partition coefficient (Wildman–Crippen LogP) is 5.00. The Hall–Kier alpha value is -4.86. The minimum Gasteiger partial charge on any atom is -0.475 e. The zero-order valence-electron chi connectivity index (χ0n) is 26.1. The maximum Gasteiger partial charge on any atom is 0.490 e. The van der Waals surface area contributed by atoms with Crippen molar-refractivity contribution in [2.24, 2.45) is 0 Å². The third-order valence-corrected chi connectivity index (χ3v) is 7.49. The smallest absolute Gasteiger partial charge is 0.475 e. The number of benzene rings is 2. The Kier molecular flexibility index (Phi) is 10.6. The number of carbonyl (C=O) groups is 3. The summed E-state index contributed by atoms with van der Waals surface area (Å²) in [6, 6.07) is 8.08. The Morgan fingerprint density at radius 2 is 1.66 bits per heavy atom. The van der Waals surface area contributed by atoms with Gasteiger partial charge in [0, 0.05) is 48.9 Å². The molecule has 47 heavy (non-hydrogen) atoms. The number of hydrogen-bond acceptors (Lipinski definition) is 7. The third kappa shape index (κ3) is 7.93. The molecular weight excluding hydrogens is 629 g/mol. The lowest BCUT2D eigenvalue weighted by atomic mass is 9.97. The van der Waals surface area contributed by atoms with Gasteiger partial charge in [0.1, 0.15) is 17.3 Å². The lowest BCUT2D eigenvalue weighted by Crippen LogP contribution is -2.47. The van der Waals surface area contributed by atoms with E-state index in [2.05, 4.69) is 22.5 Å². The molecule has 0 saturated carbocycles. The topological polar surface area (TPSA) is 131 Å². The van der Waals surface area contributed by atoms with E-state index in [1.54, 1.807) is 12.1 Å². The second-order valence-electron chi connectivity index (χ2n) is 11.1. The average molecular weight is 664 g/mol. The molecule has 0 unspecified atom stereocenters. The lowest BCUT2D eigenvalue weighted by Gasteiger charge is -2.36. The summed E-state index contributed by atoms with van der Waals surface area (Å²) in [5.41, 5.74) is 2.47. The molecule has 0 radical (unpaired) electrons. The first-order valence-electron chi connectivity index (χ1n) is 14.7. The number of rotatable bonds is 6. The summed E-state index contributed by atoms with van der Waals surface area (Å²) in [5.74, 6) is -4.28. The zero-order valence-corrected chi connectivity index (χ0v) is 26.1. The summed E-state index contributed by atoms with van der Waals surface area (Å²) in [5, 5.41) is 12.8. The molecule has 252 valence electrons. The van der Waals surface area contributed by atoms with E-state index in [9.17, 15) is 22.8 Å². The average Bonchev–Trinajstić information content (AvgIpc) is 3.01. The number of carbonyl (C=O) groups excluding carboxylic acids is 2. The van der Waals surface area contributed by atoms with Gasteiger partial charge in [0.05, 0.1) is 12.2 Å². The number of aliphatic carboxylic acids is 1. The van der Waals surface area contributed by atoms with Gasteiger partial charge >= 0.3 is 18.2 Å². The Bertz CT molecular complexity index is 1640. The highest BCUT2D eigenvalue weighted by Gasteiger charge is 2.38. The van der Waals surface area contributed by atoms with Crippen LogP contribution >= 0.6 is 0 Å². The first kappa shape index (κ1) is 35.0. The van der Waals surface area contributed by atoms with E-state index in [-0.39, 0.29) is 24.3 Å². The monoisotopic (exact) mass is 663 g/mol. The van der Waals surface area contributed by atoms with E-state index in [1.165, 1.54) is 6.07 Å². The van der Waals surface area contributed by atoms with Gasteiger partial charge in [-0.15, -0.1) is 0 Å². The number of halogens is 5. The first-order valence-corrected chi connectivity index (χ1v) is 14.7. The molecule has 0 atom stereocenters. The number of aromatic nitrogens is 2. The van der Waals surface area contributed by atoms with Gasteiger partial charge in [-0.25, -0.2) is 28.3 Å². The molecule has 2 aliphatic heterocycles. The number of nitrogens with one attached hydrogen (secondary N) is 2. The number of hydrogen-bond donors (Lipinski definition) is 3. The molecule has 3 amide bonds. The van der Waals surface area contributed by atoms with Gasteiger partial charge < -0.3 is 25.5 Å². The number of likely N-dealkylation sites (N-methyl/N-ethyl adjacent to an activating group) is 1. The second-order valence-corrected chi connectivity index (χ2v) is 11.1. The van der Waals surface area contributed by atoms with Crippen LogP contribution in [0.1, 0.15) is 42.3 Å². The van der Waals surface area contributed by atoms with E-state index >= 15 is 8.78 Å². The van der Waals surface area contributed by atoms with Crippen molar-refractivity contribution in [3.8, 4) is 11.3 Å². The summed E-state index contributed by atoms with van der Waals surface area (Å²) >= 11 is 0. The van der Waals surface area contributed by atoms with Gasteiger partial charge in [0.25, 0.3) is 5.91 Å². The highest BCUT2D eigenvalue weighted by molar-refractivity contribution is 6.02. The Morgan fingerprint density at radius 1 is 1.04 bits per heavy atom. The molecule has 16 heteroatoms. The lowest BCUT2D eigenvalue weighted by molar-refractivity contribution is -0.192. The van der Waals surface area contributed by atoms with Gasteiger partial charge in [-0.2, -0.15) is 18.2 Å². The minimum atomic E-state index is -5.08. The van der Waals surface area contributed by atoms with Crippen molar-refractivity contribution in [3.05, 3.63) is 64.7 Å². The summed E-state index contributed by atoms with van der Waals surface area (Å²) in [4.78, 5) is 49.9. The van der Waals surface area contributed by atoms with E-state index < -0.39 is 35.5 Å². The molecule has 2 aliphatic rings. The minimum absolute atomic E-state index is 0.0445. The van der Waals surface area contributed by atoms with Crippen LogP contribution in [0.25, 0.3) is 11.3 Å². The standard InChI is InChI=1S/C29H33F2N7O2.C2HF3O2/c1-5-36-11-13-37(14-12-36)28-34-24(20-15-19(10-9-18(20)4)27(39)33-17(2)3)21-16-32-29(40)38(26(21)35-28)25-22(30)7-6-8-23(25)31;3-2(4,5)1(6)7/h6-10,15,17H,5,11-14,16H2,1-4H3,(H,32,40)(H,33,39);(H,6,7). The van der Waals surface area contributed by atoms with Crippen LogP contribution in [-0.2, 0) is 11.3 Å². The maximum atomic E-state index is 15.0. The molecule has 1 aromatic heterocycles. The van der Waals surface area contributed by atoms with Gasteiger partial charge in [0.15, 0.2) is 5.82 Å². The number of amides is 3. The Balaban J connectivity index is 0.000000644. The second kappa shape index (κ2) is 14.3. The van der Waals surface area contributed by atoms with E-state index in [0.717, 1.165) is 42.2 Å². The summed E-state index contributed by atoms with van der Waals surface area (Å²) in [6.07, 6.45) is -5.08. The van der Waals surface area contributed by atoms with Crippen LogP contribution in [0.4, 0.5) is 44.2 Å². The number of carboxylic acid groups (broad SMARTS) is 1. The van der Waals surface area contributed by atoms with Crippen LogP contribution in [0.5, 0.6) is 0 Å². The number of urea groups is 1. The largest absolute Gasteiger partial charge is 0.490 e. The molecule has 3 aromatic rings. The molecule has 0 spiro atoms. The van der Waals surface area contributed by atoms with Gasteiger partial charge in [-0.1, -0.05) is 19.1 Å². The van der Waals surface area contributed by atoms with E-state index in [0.29, 0.717) is 41.4 Å². The first-order chi connectivity index (χ1) is 22.1. The molecule has 3 heterocycles. The highest BCUT2D eigenvalue weighted by Crippen LogP contribution is 2.40. The van der Waals surface area contributed by atoms with E-state index in [4.69, 9.17) is 19.9 Å². The molecule has 2 aromatic carbocycles. The van der Waals surface area contributed by atoms with Crippen LogP contribution in [0.2, 0.25) is 0 Å². The predicted molar refractivity (Wildman–Crippen MR) is 164 cm³/mol. The van der Waals surface area contributed by atoms with Crippen molar-refractivity contribution in [2.45, 2.75) is 46.5 Å². The fourth-order valence-electron chi connectivity index (χ4n) is 5.05. The Labute approximate surface area is 267 Å². The van der Waals surface area contributed by atoms with Gasteiger partial charge in [-0.05, 0) is 57.1 Å². The quantitative estimate of drug-likeness (QED) is 0.314. The number of alkyl halides is 3. The van der Waals surface area contributed by atoms with Crippen LogP contribution in [0.15, 0.2) is 36.4 Å². The highest BCUT2D eigenvalue weighted by atomic mass is 19.4. The zero-order chi connectivity index (χ0) is 34.6. The van der Waals surface area contributed by atoms with Crippen LogP contribution in [-0.4, -0.2) is 82.8 Å². The normalized spacial score (nSPS) is 15.1. The summed E-state index contributed by atoms with van der Waals surface area (Å²) in [6.45, 7) is 11.7. The number of aryl methyl sites for hydroxylation is 1. The van der Waals surface area contributed by atoms with Crippen molar-refractivity contribution < 1.29 is 41.4 Å². The summed E-state index contributed by atoms with van der Waals surface area (Å²) in [7, 11) is 0. The molecule has 0 bridgehead atoms. The molecular formula is C31H34F5N7O4. The van der Waals surface area contributed by atoms with Crippen molar-refractivity contribution in [3.63, 3.8) is 0 Å². The van der Waals surface area contributed by atoms with Gasteiger partial charge in [-0.3, -0.25) is 4.79 Å². The molecule has 1 saturated heterocycles. The number of fused-ring (bicyclic) bond motifs is 1. The molecule has 1 fully saturated rings. The number of nitrogens with zero attached hydrogens (tertiary/aromatic N) is 5. The SMILES string of the molecule is CCN1CCN(c2nc(-c3cc(C(=O)NC(C)C)ccc3C)c3c(n2)N(c2c(F)cccc2F)C(=O)NC3)CC1.O=C(O)C(F)(F)F. The van der Waals surface area contributed by atoms with Crippen molar-refractivity contribution in [2.75, 3.05) is 42.5 Å². The van der Waals surface area contributed by atoms with Crippen molar-refractivity contribution >= 4 is 35.4 Å². The van der Waals surface area contributed by atoms with Crippen LogP contribution in [0.3, 0.4) is 0 Å².